The lowest BCUT2D eigenvalue weighted by Gasteiger charge is -2.11. The summed E-state index contributed by atoms with van der Waals surface area (Å²) in [6.07, 6.45) is 0. The number of ether oxygens (including phenoxy) is 1. The van der Waals surface area contributed by atoms with Crippen LogP contribution >= 0.6 is 0 Å². The second kappa shape index (κ2) is 9.91. The Morgan fingerprint density at radius 1 is 0.523 bits per heavy atom. The number of para-hydroxylation sites is 2. The lowest BCUT2D eigenvalue weighted by atomic mass is 10.0. The summed E-state index contributed by atoms with van der Waals surface area (Å²) in [5, 5.41) is 23.9. The van der Waals surface area contributed by atoms with E-state index < -0.39 is 0 Å². The van der Waals surface area contributed by atoms with E-state index in [4.69, 9.17) is 4.74 Å². The van der Waals surface area contributed by atoms with Crippen molar-refractivity contribution in [3.05, 3.63) is 139 Å². The van der Waals surface area contributed by atoms with Crippen LogP contribution in [0.15, 0.2) is 127 Å². The molecule has 0 aliphatic rings. The standard InChI is InChI=1S/C39H24N4O/c1-44-30-14-18-38-34(22-30)33-20-26(13-17-37(33)43(38)35-16-11-25(23-40)19-28(35)24-41)27-12-15-32-31-9-5-6-10-36(31)42(39(32)21-27)29-7-3-2-4-8-29/h2-22H,1H3. The smallest absolute Gasteiger partial charge is 0.119 e. The van der Waals surface area contributed by atoms with E-state index in [1.165, 1.54) is 16.3 Å². The van der Waals surface area contributed by atoms with Gasteiger partial charge in [-0.25, -0.2) is 0 Å². The fraction of sp³-hybridized carbons (Fsp3) is 0.0256. The quantitative estimate of drug-likeness (QED) is 0.214. The van der Waals surface area contributed by atoms with E-state index >= 15 is 0 Å². The van der Waals surface area contributed by atoms with Crippen molar-refractivity contribution in [2.45, 2.75) is 0 Å². The van der Waals surface area contributed by atoms with Crippen LogP contribution in [-0.2, 0) is 0 Å². The van der Waals surface area contributed by atoms with Crippen LogP contribution in [0, 0.1) is 22.7 Å². The number of hydrogen-bond acceptors (Lipinski definition) is 3. The molecule has 0 saturated heterocycles. The van der Waals surface area contributed by atoms with E-state index in [0.29, 0.717) is 11.1 Å². The maximum absolute atomic E-state index is 10.0. The highest BCUT2D eigenvalue weighted by Crippen LogP contribution is 2.39. The van der Waals surface area contributed by atoms with E-state index in [2.05, 4.69) is 106 Å². The molecule has 5 nitrogen and oxygen atoms in total. The molecule has 2 heterocycles. The molecule has 0 aliphatic carbocycles. The fourth-order valence-electron chi connectivity index (χ4n) is 6.46. The van der Waals surface area contributed by atoms with E-state index in [1.807, 2.05) is 30.3 Å². The number of benzene rings is 6. The summed E-state index contributed by atoms with van der Waals surface area (Å²) in [6.45, 7) is 0. The second-order valence-corrected chi connectivity index (χ2v) is 10.8. The summed E-state index contributed by atoms with van der Waals surface area (Å²) in [5.41, 5.74) is 9.21. The molecule has 0 N–H and O–H groups in total. The second-order valence-electron chi connectivity index (χ2n) is 10.8. The Hall–Kier alpha value is -6.30. The molecule has 0 bridgehead atoms. The highest BCUT2D eigenvalue weighted by Gasteiger charge is 2.18. The molecule has 0 aliphatic heterocycles. The van der Waals surface area contributed by atoms with Crippen LogP contribution in [0.3, 0.4) is 0 Å². The zero-order valence-corrected chi connectivity index (χ0v) is 23.8. The average molecular weight is 565 g/mol. The summed E-state index contributed by atoms with van der Waals surface area (Å²) >= 11 is 0. The minimum Gasteiger partial charge on any atom is -0.497 e. The third-order valence-corrected chi connectivity index (χ3v) is 8.48. The Balaban J connectivity index is 1.39. The van der Waals surface area contributed by atoms with Crippen LogP contribution in [-0.4, -0.2) is 16.2 Å². The molecule has 2 aromatic heterocycles. The molecule has 0 spiro atoms. The molecule has 0 atom stereocenters. The first-order chi connectivity index (χ1) is 21.7. The minimum absolute atomic E-state index is 0.446. The van der Waals surface area contributed by atoms with E-state index in [-0.39, 0.29) is 0 Å². The Morgan fingerprint density at radius 3 is 2.00 bits per heavy atom. The van der Waals surface area contributed by atoms with Crippen molar-refractivity contribution in [2.75, 3.05) is 7.11 Å². The highest BCUT2D eigenvalue weighted by molar-refractivity contribution is 6.12. The largest absolute Gasteiger partial charge is 0.497 e. The maximum Gasteiger partial charge on any atom is 0.119 e. The molecule has 8 rings (SSSR count). The lowest BCUT2D eigenvalue weighted by Crippen LogP contribution is -1.98. The first kappa shape index (κ1) is 25.4. The molecule has 6 aromatic carbocycles. The highest BCUT2D eigenvalue weighted by atomic mass is 16.5. The van der Waals surface area contributed by atoms with Gasteiger partial charge in [-0.05, 0) is 83.9 Å². The molecule has 0 amide bonds. The van der Waals surface area contributed by atoms with Crippen molar-refractivity contribution in [3.63, 3.8) is 0 Å². The molecule has 0 radical (unpaired) electrons. The number of aromatic nitrogens is 2. The summed E-state index contributed by atoms with van der Waals surface area (Å²) in [4.78, 5) is 0. The summed E-state index contributed by atoms with van der Waals surface area (Å²) in [5.74, 6) is 0.760. The third kappa shape index (κ3) is 3.78. The Labute approximate surface area is 253 Å². The van der Waals surface area contributed by atoms with E-state index in [0.717, 1.165) is 55.6 Å². The maximum atomic E-state index is 10.0. The number of nitriles is 2. The van der Waals surface area contributed by atoms with Crippen molar-refractivity contribution >= 4 is 43.6 Å². The van der Waals surface area contributed by atoms with Crippen LogP contribution < -0.4 is 4.74 Å². The first-order valence-electron chi connectivity index (χ1n) is 14.3. The predicted octanol–water partition coefficient (Wildman–Crippen LogP) is 9.30. The van der Waals surface area contributed by atoms with Gasteiger partial charge in [0.2, 0.25) is 0 Å². The van der Waals surface area contributed by atoms with E-state index in [1.54, 1.807) is 19.2 Å². The van der Waals surface area contributed by atoms with Gasteiger partial charge in [0.05, 0.1) is 52.1 Å². The Kier molecular flexibility index (Phi) is 5.72. The number of rotatable bonds is 4. The lowest BCUT2D eigenvalue weighted by molar-refractivity contribution is 0.415. The van der Waals surface area contributed by atoms with Gasteiger partial charge in [0.1, 0.15) is 11.8 Å². The molecule has 44 heavy (non-hydrogen) atoms. The van der Waals surface area contributed by atoms with Gasteiger partial charge in [-0.15, -0.1) is 0 Å². The van der Waals surface area contributed by atoms with Gasteiger partial charge in [0.15, 0.2) is 0 Å². The number of methoxy groups -OCH3 is 1. The first-order valence-corrected chi connectivity index (χ1v) is 14.3. The molecular formula is C39H24N4O. The monoisotopic (exact) mass is 564 g/mol. The number of nitrogens with zero attached hydrogens (tertiary/aromatic N) is 4. The van der Waals surface area contributed by atoms with Crippen molar-refractivity contribution in [1.29, 1.82) is 10.5 Å². The molecule has 0 unspecified atom stereocenters. The number of hydrogen-bond donors (Lipinski definition) is 0. The van der Waals surface area contributed by atoms with Gasteiger partial charge in [0, 0.05) is 27.2 Å². The normalized spacial score (nSPS) is 11.2. The summed E-state index contributed by atoms with van der Waals surface area (Å²) < 4.78 is 10.0. The van der Waals surface area contributed by atoms with Gasteiger partial charge < -0.3 is 13.9 Å². The summed E-state index contributed by atoms with van der Waals surface area (Å²) in [7, 11) is 1.67. The van der Waals surface area contributed by atoms with Crippen molar-refractivity contribution in [2.24, 2.45) is 0 Å². The number of fused-ring (bicyclic) bond motifs is 6. The average Bonchev–Trinajstić information content (AvgIpc) is 3.59. The van der Waals surface area contributed by atoms with Gasteiger partial charge in [0.25, 0.3) is 0 Å². The zero-order chi connectivity index (χ0) is 29.8. The fourth-order valence-corrected chi connectivity index (χ4v) is 6.46. The van der Waals surface area contributed by atoms with Crippen molar-refractivity contribution in [3.8, 4) is 40.4 Å². The molecule has 5 heteroatoms. The van der Waals surface area contributed by atoms with Crippen LogP contribution in [0.4, 0.5) is 0 Å². The molecular weight excluding hydrogens is 540 g/mol. The SMILES string of the molecule is COc1ccc2c(c1)c1cc(-c3ccc4c5ccccc5n(-c5ccccc5)c4c3)ccc1n2-c1ccc(C#N)cc1C#N. The van der Waals surface area contributed by atoms with Crippen molar-refractivity contribution < 1.29 is 4.74 Å². The van der Waals surface area contributed by atoms with Crippen LogP contribution in [0.5, 0.6) is 5.75 Å². The minimum atomic E-state index is 0.446. The third-order valence-electron chi connectivity index (χ3n) is 8.48. The van der Waals surface area contributed by atoms with Gasteiger partial charge in [-0.3, -0.25) is 0 Å². The predicted molar refractivity (Wildman–Crippen MR) is 177 cm³/mol. The summed E-state index contributed by atoms with van der Waals surface area (Å²) in [6, 6.07) is 47.9. The topological polar surface area (TPSA) is 66.7 Å². The van der Waals surface area contributed by atoms with E-state index in [9.17, 15) is 10.5 Å². The Morgan fingerprint density at radius 2 is 1.20 bits per heavy atom. The zero-order valence-electron chi connectivity index (χ0n) is 23.8. The van der Waals surface area contributed by atoms with Crippen LogP contribution in [0.1, 0.15) is 11.1 Å². The van der Waals surface area contributed by atoms with Crippen LogP contribution in [0.2, 0.25) is 0 Å². The molecule has 206 valence electrons. The molecule has 0 saturated carbocycles. The molecule has 0 fully saturated rings. The van der Waals surface area contributed by atoms with Crippen molar-refractivity contribution in [1.82, 2.24) is 9.13 Å². The van der Waals surface area contributed by atoms with Gasteiger partial charge in [-0.2, -0.15) is 10.5 Å². The van der Waals surface area contributed by atoms with Gasteiger partial charge in [-0.1, -0.05) is 54.6 Å². The molecule has 8 aromatic rings. The van der Waals surface area contributed by atoms with Crippen LogP contribution in [0.25, 0.3) is 66.1 Å². The van der Waals surface area contributed by atoms with Gasteiger partial charge >= 0.3 is 0 Å². The Bertz CT molecular complexity index is 2510.